The standard InChI is InChI=1S/C27H36N4O8/c1-27(2,3)39-26(37)30-20(13-14-22(28)34)25(36)31(15-16-32)23(19-7-5-6-8-21(19)33)24(35)29-17-9-11-18(38-4)12-10-17/h5-12,20,23,32-33H,13-16H2,1-4H3,(H2,28,34)(H,29,35)(H,30,37). The van der Waals surface area contributed by atoms with Crippen molar-refractivity contribution in [1.82, 2.24) is 10.2 Å². The van der Waals surface area contributed by atoms with Crippen molar-refractivity contribution >= 4 is 29.5 Å². The molecule has 0 heterocycles. The quantitative estimate of drug-likeness (QED) is 0.269. The van der Waals surface area contributed by atoms with Gasteiger partial charge in [-0.15, -0.1) is 0 Å². The molecule has 0 saturated heterocycles. The van der Waals surface area contributed by atoms with Crippen molar-refractivity contribution in [2.75, 3.05) is 25.6 Å². The number of aliphatic hydroxyl groups excluding tert-OH is 1. The first-order valence-electron chi connectivity index (χ1n) is 12.3. The number of ether oxygens (including phenoxy) is 2. The van der Waals surface area contributed by atoms with E-state index >= 15 is 0 Å². The van der Waals surface area contributed by atoms with Crippen molar-refractivity contribution < 1.29 is 38.9 Å². The number of alkyl carbamates (subject to hydrolysis) is 1. The van der Waals surface area contributed by atoms with Crippen LogP contribution in [0.15, 0.2) is 48.5 Å². The van der Waals surface area contributed by atoms with E-state index in [9.17, 15) is 29.4 Å². The normalized spacial score (nSPS) is 12.5. The molecule has 0 aliphatic rings. The molecule has 2 rings (SSSR count). The average molecular weight is 545 g/mol. The van der Waals surface area contributed by atoms with Crippen LogP contribution in [0.5, 0.6) is 11.5 Å². The number of nitrogens with two attached hydrogens (primary N) is 1. The van der Waals surface area contributed by atoms with E-state index in [2.05, 4.69) is 10.6 Å². The lowest BCUT2D eigenvalue weighted by Gasteiger charge is -2.34. The van der Waals surface area contributed by atoms with Crippen molar-refractivity contribution in [2.45, 2.75) is 51.3 Å². The van der Waals surface area contributed by atoms with E-state index in [1.165, 1.54) is 19.2 Å². The average Bonchev–Trinajstić information content (AvgIpc) is 2.86. The Morgan fingerprint density at radius 2 is 1.69 bits per heavy atom. The highest BCUT2D eigenvalue weighted by Crippen LogP contribution is 2.31. The van der Waals surface area contributed by atoms with Crippen LogP contribution in [0.2, 0.25) is 0 Å². The number of carbonyl (C=O) groups is 4. The zero-order valence-electron chi connectivity index (χ0n) is 22.5. The molecule has 212 valence electrons. The van der Waals surface area contributed by atoms with E-state index in [4.69, 9.17) is 15.2 Å². The number of hydrogen-bond acceptors (Lipinski definition) is 8. The Bertz CT molecular complexity index is 1150. The summed E-state index contributed by atoms with van der Waals surface area (Å²) in [7, 11) is 1.50. The van der Waals surface area contributed by atoms with Crippen LogP contribution in [0.3, 0.4) is 0 Å². The number of phenolic OH excluding ortho intramolecular Hbond substituents is 1. The molecule has 0 aliphatic carbocycles. The molecule has 0 spiro atoms. The fourth-order valence-electron chi connectivity index (χ4n) is 3.72. The minimum Gasteiger partial charge on any atom is -0.508 e. The second kappa shape index (κ2) is 14.0. The van der Waals surface area contributed by atoms with Gasteiger partial charge < -0.3 is 41.0 Å². The SMILES string of the molecule is COc1ccc(NC(=O)C(c2ccccc2O)N(CCO)C(=O)C(CCC(N)=O)NC(=O)OC(C)(C)C)cc1. The zero-order valence-corrected chi connectivity index (χ0v) is 22.5. The number of nitrogens with zero attached hydrogens (tertiary/aromatic N) is 1. The summed E-state index contributed by atoms with van der Waals surface area (Å²) in [6.07, 6.45) is -1.36. The number of nitrogens with one attached hydrogen (secondary N) is 2. The van der Waals surface area contributed by atoms with E-state index in [1.807, 2.05) is 0 Å². The Labute approximate surface area is 227 Å². The lowest BCUT2D eigenvalue weighted by atomic mass is 10.0. The van der Waals surface area contributed by atoms with Gasteiger partial charge in [-0.2, -0.15) is 0 Å². The van der Waals surface area contributed by atoms with Gasteiger partial charge in [0.1, 0.15) is 29.2 Å². The van der Waals surface area contributed by atoms with Gasteiger partial charge in [0.05, 0.1) is 13.7 Å². The van der Waals surface area contributed by atoms with Gasteiger partial charge in [0.25, 0.3) is 5.91 Å². The summed E-state index contributed by atoms with van der Waals surface area (Å²) in [5, 5.41) is 25.6. The maximum absolute atomic E-state index is 13.8. The Morgan fingerprint density at radius 3 is 2.23 bits per heavy atom. The van der Waals surface area contributed by atoms with E-state index in [-0.39, 0.29) is 30.7 Å². The molecule has 2 unspecified atom stereocenters. The van der Waals surface area contributed by atoms with Crippen LogP contribution < -0.4 is 21.1 Å². The third kappa shape index (κ3) is 9.49. The molecule has 12 heteroatoms. The largest absolute Gasteiger partial charge is 0.508 e. The monoisotopic (exact) mass is 544 g/mol. The second-order valence-corrected chi connectivity index (χ2v) is 9.64. The number of rotatable bonds is 12. The van der Waals surface area contributed by atoms with E-state index in [0.717, 1.165) is 4.90 Å². The zero-order chi connectivity index (χ0) is 29.2. The van der Waals surface area contributed by atoms with E-state index < -0.39 is 48.1 Å². The van der Waals surface area contributed by atoms with Crippen LogP contribution in [0, 0.1) is 0 Å². The molecule has 4 amide bonds. The number of benzene rings is 2. The van der Waals surface area contributed by atoms with Crippen LogP contribution >= 0.6 is 0 Å². The second-order valence-electron chi connectivity index (χ2n) is 9.64. The number of aliphatic hydroxyl groups is 1. The molecule has 0 fully saturated rings. The van der Waals surface area contributed by atoms with Crippen LogP contribution in [0.25, 0.3) is 0 Å². The fraction of sp³-hybridized carbons (Fsp3) is 0.407. The van der Waals surface area contributed by atoms with Crippen molar-refractivity contribution in [3.8, 4) is 11.5 Å². The van der Waals surface area contributed by atoms with Gasteiger partial charge in [0.2, 0.25) is 11.8 Å². The van der Waals surface area contributed by atoms with Crippen LogP contribution in [-0.4, -0.2) is 70.8 Å². The highest BCUT2D eigenvalue weighted by molar-refractivity contribution is 5.99. The number of aromatic hydroxyl groups is 1. The molecule has 0 radical (unpaired) electrons. The highest BCUT2D eigenvalue weighted by Gasteiger charge is 2.37. The number of anilines is 1. The maximum Gasteiger partial charge on any atom is 0.408 e. The van der Waals surface area contributed by atoms with Gasteiger partial charge in [0.15, 0.2) is 0 Å². The Morgan fingerprint density at radius 1 is 1.05 bits per heavy atom. The maximum atomic E-state index is 13.8. The number of methoxy groups -OCH3 is 1. The number of primary amides is 1. The molecule has 6 N–H and O–H groups in total. The van der Waals surface area contributed by atoms with Crippen molar-refractivity contribution in [3.05, 3.63) is 54.1 Å². The molecule has 0 aromatic heterocycles. The Balaban J connectivity index is 2.49. The van der Waals surface area contributed by atoms with Crippen LogP contribution in [-0.2, 0) is 19.1 Å². The van der Waals surface area contributed by atoms with Crippen LogP contribution in [0.1, 0.15) is 45.2 Å². The number of hydrogen-bond donors (Lipinski definition) is 5. The summed E-state index contributed by atoms with van der Waals surface area (Å²) >= 11 is 0. The molecule has 12 nitrogen and oxygen atoms in total. The predicted octanol–water partition coefficient (Wildman–Crippen LogP) is 2.06. The minimum absolute atomic E-state index is 0.0798. The predicted molar refractivity (Wildman–Crippen MR) is 143 cm³/mol. The third-order valence-corrected chi connectivity index (χ3v) is 5.44. The first-order valence-corrected chi connectivity index (χ1v) is 12.3. The molecule has 0 saturated carbocycles. The van der Waals surface area contributed by atoms with Gasteiger partial charge in [-0.3, -0.25) is 14.4 Å². The summed E-state index contributed by atoms with van der Waals surface area (Å²) in [6, 6.07) is 9.64. The summed E-state index contributed by atoms with van der Waals surface area (Å²) in [5.41, 5.74) is 4.87. The molecule has 2 atom stereocenters. The first kappa shape index (κ1) is 30.9. The molecule has 0 bridgehead atoms. The van der Waals surface area contributed by atoms with Gasteiger partial charge >= 0.3 is 6.09 Å². The molecule has 0 aliphatic heterocycles. The number of para-hydroxylation sites is 1. The van der Waals surface area contributed by atoms with Crippen LogP contribution in [0.4, 0.5) is 10.5 Å². The summed E-state index contributed by atoms with van der Waals surface area (Å²) in [4.78, 5) is 52.5. The first-order chi connectivity index (χ1) is 18.4. The van der Waals surface area contributed by atoms with Gasteiger partial charge in [0, 0.05) is 24.2 Å². The summed E-state index contributed by atoms with van der Waals surface area (Å²) < 4.78 is 10.4. The Hall–Kier alpha value is -4.32. The lowest BCUT2D eigenvalue weighted by molar-refractivity contribution is -0.141. The van der Waals surface area contributed by atoms with Crippen molar-refractivity contribution in [3.63, 3.8) is 0 Å². The molecule has 39 heavy (non-hydrogen) atoms. The number of carbonyl (C=O) groups excluding carboxylic acids is 4. The minimum atomic E-state index is -1.43. The molecule has 2 aromatic rings. The number of phenols is 1. The fourth-order valence-corrected chi connectivity index (χ4v) is 3.72. The van der Waals surface area contributed by atoms with Gasteiger partial charge in [-0.05, 0) is 57.5 Å². The molecular weight excluding hydrogens is 508 g/mol. The van der Waals surface area contributed by atoms with Gasteiger partial charge in [-0.1, -0.05) is 18.2 Å². The van der Waals surface area contributed by atoms with E-state index in [1.54, 1.807) is 57.2 Å². The number of amides is 4. The third-order valence-electron chi connectivity index (χ3n) is 5.44. The molecule has 2 aromatic carbocycles. The topological polar surface area (TPSA) is 181 Å². The Kier molecular flexibility index (Phi) is 11.1. The van der Waals surface area contributed by atoms with Crippen molar-refractivity contribution in [1.29, 1.82) is 0 Å². The molecular formula is C27H36N4O8. The summed E-state index contributed by atoms with van der Waals surface area (Å²) in [5.74, 6) is -1.91. The summed E-state index contributed by atoms with van der Waals surface area (Å²) in [6.45, 7) is 4.05. The van der Waals surface area contributed by atoms with Crippen molar-refractivity contribution in [2.24, 2.45) is 5.73 Å². The highest BCUT2D eigenvalue weighted by atomic mass is 16.6. The van der Waals surface area contributed by atoms with Gasteiger partial charge in [-0.25, -0.2) is 4.79 Å². The van der Waals surface area contributed by atoms with E-state index in [0.29, 0.717) is 11.4 Å². The lowest BCUT2D eigenvalue weighted by Crippen LogP contribution is -2.53. The smallest absolute Gasteiger partial charge is 0.408 e.